The Morgan fingerprint density at radius 1 is 1.43 bits per heavy atom. The molecule has 3 rings (SSSR count). The van der Waals surface area contributed by atoms with Crippen LogP contribution in [0.25, 0.3) is 0 Å². The van der Waals surface area contributed by atoms with Gasteiger partial charge in [-0.1, -0.05) is 25.1 Å². The van der Waals surface area contributed by atoms with E-state index in [1.165, 1.54) is 24.0 Å². The molecule has 1 aromatic rings. The van der Waals surface area contributed by atoms with E-state index >= 15 is 0 Å². The maximum absolute atomic E-state index is 13.0. The molecule has 126 valence electrons. The number of hydrogen-bond acceptors (Lipinski definition) is 2. The van der Waals surface area contributed by atoms with Gasteiger partial charge in [0, 0.05) is 13.5 Å². The molecular formula is C20H30N2O. The van der Waals surface area contributed by atoms with Gasteiger partial charge in [0.1, 0.15) is 0 Å². The van der Waals surface area contributed by atoms with Gasteiger partial charge in [0.15, 0.2) is 0 Å². The number of piperidine rings is 1. The minimum absolute atomic E-state index is 0. The van der Waals surface area contributed by atoms with E-state index in [1.54, 1.807) is 0 Å². The molecular weight excluding hydrogens is 284 g/mol. The normalized spacial score (nSPS) is 28.0. The van der Waals surface area contributed by atoms with Crippen molar-refractivity contribution in [2.75, 3.05) is 20.1 Å². The molecule has 0 spiro atoms. The Kier molecular flexibility index (Phi) is 4.58. The van der Waals surface area contributed by atoms with E-state index in [1.807, 2.05) is 18.2 Å². The van der Waals surface area contributed by atoms with Crippen LogP contribution in [0.5, 0.6) is 0 Å². The summed E-state index contributed by atoms with van der Waals surface area (Å²) in [7, 11) is 2.11. The monoisotopic (exact) mass is 314 g/mol. The number of rotatable bonds is 3. The van der Waals surface area contributed by atoms with Crippen LogP contribution in [0, 0.1) is 5.92 Å². The maximum atomic E-state index is 13.0. The fourth-order valence-electron chi connectivity index (χ4n) is 4.11. The second-order valence-electron chi connectivity index (χ2n) is 7.28. The number of carbonyl (C=O) groups excluding carboxylic acids is 1. The average molecular weight is 314 g/mol. The number of nitrogens with one attached hydrogen (secondary N) is 1. The van der Waals surface area contributed by atoms with E-state index in [9.17, 15) is 4.79 Å². The van der Waals surface area contributed by atoms with Gasteiger partial charge in [0.2, 0.25) is 0 Å². The fourth-order valence-corrected chi connectivity index (χ4v) is 4.11. The first-order chi connectivity index (χ1) is 11.1. The molecule has 1 aromatic carbocycles. The molecule has 1 aliphatic heterocycles. The van der Waals surface area contributed by atoms with Crippen molar-refractivity contribution >= 4 is 5.91 Å². The minimum Gasteiger partial charge on any atom is -0.342 e. The van der Waals surface area contributed by atoms with Crippen molar-refractivity contribution in [3.63, 3.8) is 0 Å². The number of carbonyl (C=O) groups is 1. The number of fused-ring (bicyclic) bond motifs is 1. The number of likely N-dealkylation sites (N-methyl/N-ethyl adjacent to an activating group) is 1. The van der Waals surface area contributed by atoms with Gasteiger partial charge in [0.05, 0.1) is 5.54 Å². The number of likely N-dealkylation sites (tertiary alicyclic amines) is 1. The Hall–Kier alpha value is -1.61. The standard InChI is InChI=1S/C20H28N2O.H2/c1-4-20(14-22(3)13-12-15(20)2)21-19(23)18-11-7-9-16-8-5-6-10-17(16)18;/h4,7,9,11,15H,1,5-6,8,10,12-14H2,2-3H3,(H,21,23);1H/t15?,20-;/m1./s1. The van der Waals surface area contributed by atoms with Crippen LogP contribution >= 0.6 is 0 Å². The second kappa shape index (κ2) is 6.48. The van der Waals surface area contributed by atoms with E-state index in [0.29, 0.717) is 5.92 Å². The molecule has 1 aliphatic carbocycles. The predicted octanol–water partition coefficient (Wildman–Crippen LogP) is 3.44. The molecule has 23 heavy (non-hydrogen) atoms. The molecule has 1 saturated heterocycles. The lowest BCUT2D eigenvalue weighted by Crippen LogP contribution is -2.61. The van der Waals surface area contributed by atoms with Crippen LogP contribution in [0.15, 0.2) is 30.9 Å². The zero-order valence-corrected chi connectivity index (χ0v) is 14.4. The lowest BCUT2D eigenvalue weighted by Gasteiger charge is -2.45. The first-order valence-electron chi connectivity index (χ1n) is 8.81. The van der Waals surface area contributed by atoms with Gasteiger partial charge >= 0.3 is 0 Å². The topological polar surface area (TPSA) is 32.3 Å². The third-order valence-corrected chi connectivity index (χ3v) is 5.71. The van der Waals surface area contributed by atoms with Crippen molar-refractivity contribution in [1.29, 1.82) is 0 Å². The molecule has 3 heteroatoms. The van der Waals surface area contributed by atoms with Gasteiger partial charge in [-0.05, 0) is 68.8 Å². The second-order valence-corrected chi connectivity index (χ2v) is 7.28. The number of hydrogen-bond donors (Lipinski definition) is 1. The summed E-state index contributed by atoms with van der Waals surface area (Å²) in [5.41, 5.74) is 3.14. The van der Waals surface area contributed by atoms with Crippen molar-refractivity contribution in [3.05, 3.63) is 47.5 Å². The number of nitrogens with zero attached hydrogens (tertiary/aromatic N) is 1. The Balaban J connectivity index is 0.00000208. The van der Waals surface area contributed by atoms with Crippen LogP contribution in [0.3, 0.4) is 0 Å². The summed E-state index contributed by atoms with van der Waals surface area (Å²) in [4.78, 5) is 15.3. The van der Waals surface area contributed by atoms with E-state index in [4.69, 9.17) is 0 Å². The Morgan fingerprint density at radius 3 is 3.00 bits per heavy atom. The smallest absolute Gasteiger partial charge is 0.252 e. The number of amides is 1. The molecule has 1 amide bonds. The van der Waals surface area contributed by atoms with Gasteiger partial charge in [-0.25, -0.2) is 0 Å². The van der Waals surface area contributed by atoms with Gasteiger partial charge in [0.25, 0.3) is 5.91 Å². The minimum atomic E-state index is -0.332. The van der Waals surface area contributed by atoms with E-state index in [0.717, 1.165) is 37.9 Å². The zero-order valence-electron chi connectivity index (χ0n) is 14.4. The van der Waals surface area contributed by atoms with Crippen molar-refractivity contribution in [2.45, 2.75) is 44.6 Å². The van der Waals surface area contributed by atoms with E-state index in [2.05, 4.69) is 36.8 Å². The Bertz CT molecular complexity index is 616. The Labute approximate surface area is 141 Å². The van der Waals surface area contributed by atoms with Crippen LogP contribution in [-0.4, -0.2) is 36.5 Å². The van der Waals surface area contributed by atoms with Crippen LogP contribution < -0.4 is 5.32 Å². The summed E-state index contributed by atoms with van der Waals surface area (Å²) in [5.74, 6) is 0.463. The lowest BCUT2D eigenvalue weighted by molar-refractivity contribution is 0.0784. The van der Waals surface area contributed by atoms with Crippen LogP contribution in [0.2, 0.25) is 0 Å². The molecule has 2 aliphatic rings. The third kappa shape index (κ3) is 3.07. The summed E-state index contributed by atoms with van der Waals surface area (Å²) in [6, 6.07) is 6.18. The number of benzene rings is 1. The van der Waals surface area contributed by atoms with Crippen LogP contribution in [0.4, 0.5) is 0 Å². The molecule has 1 N–H and O–H groups in total. The van der Waals surface area contributed by atoms with Crippen molar-refractivity contribution in [2.24, 2.45) is 5.92 Å². The first-order valence-corrected chi connectivity index (χ1v) is 8.81. The summed E-state index contributed by atoms with van der Waals surface area (Å²) in [6.07, 6.45) is 7.56. The lowest BCUT2D eigenvalue weighted by atomic mass is 9.79. The van der Waals surface area contributed by atoms with Gasteiger partial charge in [-0.15, -0.1) is 6.58 Å². The summed E-state index contributed by atoms with van der Waals surface area (Å²) in [5, 5.41) is 3.33. The maximum Gasteiger partial charge on any atom is 0.252 e. The van der Waals surface area contributed by atoms with Gasteiger partial charge in [-0.3, -0.25) is 4.79 Å². The van der Waals surface area contributed by atoms with Crippen LogP contribution in [0.1, 0.15) is 49.1 Å². The fraction of sp³-hybridized carbons (Fsp3) is 0.550. The van der Waals surface area contributed by atoms with Gasteiger partial charge < -0.3 is 10.2 Å². The summed E-state index contributed by atoms with van der Waals surface area (Å²) < 4.78 is 0. The molecule has 3 nitrogen and oxygen atoms in total. The largest absolute Gasteiger partial charge is 0.342 e. The SMILES string of the molecule is C=C[C@@]1(NC(=O)c2cccc3c2CCCC3)CN(C)CCC1C.[HH]. The molecule has 0 radical (unpaired) electrons. The first kappa shape index (κ1) is 16.3. The van der Waals surface area contributed by atoms with Crippen molar-refractivity contribution < 1.29 is 6.22 Å². The molecule has 0 saturated carbocycles. The quantitative estimate of drug-likeness (QED) is 0.867. The molecule has 1 heterocycles. The average Bonchev–Trinajstić information content (AvgIpc) is 2.57. The molecule has 2 atom stereocenters. The zero-order chi connectivity index (χ0) is 16.4. The highest BCUT2D eigenvalue weighted by molar-refractivity contribution is 5.96. The van der Waals surface area contributed by atoms with Crippen LogP contribution in [-0.2, 0) is 12.8 Å². The molecule has 0 bridgehead atoms. The highest BCUT2D eigenvalue weighted by atomic mass is 16.1. The van der Waals surface area contributed by atoms with Crippen molar-refractivity contribution in [1.82, 2.24) is 10.2 Å². The third-order valence-electron chi connectivity index (χ3n) is 5.71. The van der Waals surface area contributed by atoms with E-state index < -0.39 is 0 Å². The molecule has 1 fully saturated rings. The predicted molar refractivity (Wildman–Crippen MR) is 96.9 cm³/mol. The summed E-state index contributed by atoms with van der Waals surface area (Å²) >= 11 is 0. The molecule has 1 unspecified atom stereocenters. The van der Waals surface area contributed by atoms with Crippen molar-refractivity contribution in [3.8, 4) is 0 Å². The highest BCUT2D eigenvalue weighted by Gasteiger charge is 2.39. The highest BCUT2D eigenvalue weighted by Crippen LogP contribution is 2.30. The summed E-state index contributed by atoms with van der Waals surface area (Å²) in [6.45, 7) is 8.16. The Morgan fingerprint density at radius 2 is 2.22 bits per heavy atom. The van der Waals surface area contributed by atoms with E-state index in [-0.39, 0.29) is 12.9 Å². The van der Waals surface area contributed by atoms with Gasteiger partial charge in [-0.2, -0.15) is 0 Å². The molecule has 0 aromatic heterocycles. The number of aryl methyl sites for hydroxylation is 1.